The van der Waals surface area contributed by atoms with E-state index in [4.69, 9.17) is 0 Å². The van der Waals surface area contributed by atoms with Gasteiger partial charge in [0.2, 0.25) is 0 Å². The van der Waals surface area contributed by atoms with Crippen LogP contribution in [0.5, 0.6) is 0 Å². The molecular formula is C13H15N5O. The first-order valence-corrected chi connectivity index (χ1v) is 6.67. The van der Waals surface area contributed by atoms with E-state index in [2.05, 4.69) is 25.0 Å². The molecule has 19 heavy (non-hydrogen) atoms. The molecule has 6 nitrogen and oxygen atoms in total. The van der Waals surface area contributed by atoms with Crippen molar-refractivity contribution in [1.82, 2.24) is 25.0 Å². The minimum absolute atomic E-state index is 0.145. The van der Waals surface area contributed by atoms with E-state index in [0.717, 1.165) is 47.8 Å². The van der Waals surface area contributed by atoms with Gasteiger partial charge in [-0.25, -0.2) is 15.2 Å². The van der Waals surface area contributed by atoms with Crippen molar-refractivity contribution in [3.05, 3.63) is 18.5 Å². The van der Waals surface area contributed by atoms with Crippen molar-refractivity contribution in [2.24, 2.45) is 0 Å². The number of aliphatic hydroxyl groups excluding tert-OH is 1. The second kappa shape index (κ2) is 4.03. The predicted octanol–water partition coefficient (Wildman–Crippen LogP) is 1.78. The second-order valence-corrected chi connectivity index (χ2v) is 5.22. The molecule has 1 fully saturated rings. The molecule has 3 aromatic heterocycles. The van der Waals surface area contributed by atoms with Gasteiger partial charge in [-0.1, -0.05) is 0 Å². The molecule has 3 aromatic rings. The summed E-state index contributed by atoms with van der Waals surface area (Å²) < 4.78 is 2.12. The monoisotopic (exact) mass is 257 g/mol. The van der Waals surface area contributed by atoms with Gasteiger partial charge in [-0.3, -0.25) is 4.68 Å². The van der Waals surface area contributed by atoms with Crippen LogP contribution in [0.3, 0.4) is 0 Å². The van der Waals surface area contributed by atoms with Crippen molar-refractivity contribution in [3.63, 3.8) is 0 Å². The Bertz CT molecular complexity index is 723. The summed E-state index contributed by atoms with van der Waals surface area (Å²) in [6, 6.07) is 2.35. The highest BCUT2D eigenvalue weighted by molar-refractivity contribution is 6.00. The molecule has 1 saturated carbocycles. The molecule has 0 aliphatic heterocycles. The van der Waals surface area contributed by atoms with Crippen LogP contribution < -0.4 is 0 Å². The molecule has 0 bridgehead atoms. The third kappa shape index (κ3) is 1.63. The van der Waals surface area contributed by atoms with Crippen molar-refractivity contribution >= 4 is 22.1 Å². The van der Waals surface area contributed by atoms with Gasteiger partial charge in [0.15, 0.2) is 5.65 Å². The van der Waals surface area contributed by atoms with E-state index in [-0.39, 0.29) is 6.10 Å². The fraction of sp³-hybridized carbons (Fsp3) is 0.462. The van der Waals surface area contributed by atoms with E-state index in [1.54, 1.807) is 12.4 Å². The highest BCUT2D eigenvalue weighted by Gasteiger charge is 2.23. The highest BCUT2D eigenvalue weighted by atomic mass is 16.3. The summed E-state index contributed by atoms with van der Waals surface area (Å²) in [6.45, 7) is 0. The number of aromatic amines is 1. The number of rotatable bonds is 1. The Kier molecular flexibility index (Phi) is 2.32. The summed E-state index contributed by atoms with van der Waals surface area (Å²) in [5.41, 5.74) is 2.70. The number of hydrogen-bond acceptors (Lipinski definition) is 4. The molecule has 0 spiro atoms. The number of aliphatic hydroxyl groups is 1. The number of aromatic nitrogens is 5. The molecule has 3 heterocycles. The normalized spacial score (nSPS) is 24.3. The SMILES string of the molecule is OC1CCC(n2[nH]nc3cnc4nccc4c32)CC1. The molecule has 0 atom stereocenters. The molecule has 0 aromatic carbocycles. The zero-order chi connectivity index (χ0) is 12.8. The number of nitrogens with one attached hydrogen (secondary N) is 1. The molecule has 4 rings (SSSR count). The summed E-state index contributed by atoms with van der Waals surface area (Å²) in [7, 11) is 0. The van der Waals surface area contributed by atoms with Crippen LogP contribution in [-0.4, -0.2) is 36.2 Å². The van der Waals surface area contributed by atoms with E-state index < -0.39 is 0 Å². The predicted molar refractivity (Wildman–Crippen MR) is 70.7 cm³/mol. The lowest BCUT2D eigenvalue weighted by Crippen LogP contribution is -2.21. The van der Waals surface area contributed by atoms with Gasteiger partial charge in [0.05, 0.1) is 23.9 Å². The molecular weight excluding hydrogens is 242 g/mol. The van der Waals surface area contributed by atoms with Crippen molar-refractivity contribution in [2.75, 3.05) is 0 Å². The Balaban J connectivity index is 1.87. The van der Waals surface area contributed by atoms with E-state index >= 15 is 0 Å². The minimum Gasteiger partial charge on any atom is -0.393 e. The quantitative estimate of drug-likeness (QED) is 0.696. The number of fused-ring (bicyclic) bond motifs is 3. The molecule has 0 saturated heterocycles. The van der Waals surface area contributed by atoms with E-state index in [9.17, 15) is 5.11 Å². The smallest absolute Gasteiger partial charge is 0.161 e. The Hall–Kier alpha value is -1.95. The largest absolute Gasteiger partial charge is 0.393 e. The maximum atomic E-state index is 9.62. The molecule has 1 aliphatic carbocycles. The average Bonchev–Trinajstić information content (AvgIpc) is 3.04. The molecule has 6 heteroatoms. The Morgan fingerprint density at radius 2 is 2.05 bits per heavy atom. The first-order chi connectivity index (χ1) is 9.33. The van der Waals surface area contributed by atoms with Crippen LogP contribution in [0.15, 0.2) is 18.5 Å². The van der Waals surface area contributed by atoms with Gasteiger partial charge in [0.25, 0.3) is 0 Å². The van der Waals surface area contributed by atoms with Crippen molar-refractivity contribution < 1.29 is 5.11 Å². The highest BCUT2D eigenvalue weighted by Crippen LogP contribution is 2.31. The molecule has 98 valence electrons. The molecule has 1 aliphatic rings. The summed E-state index contributed by atoms with van der Waals surface area (Å²) in [6.07, 6.45) is 7.04. The zero-order valence-corrected chi connectivity index (χ0v) is 10.5. The maximum absolute atomic E-state index is 9.62. The summed E-state index contributed by atoms with van der Waals surface area (Å²) in [5.74, 6) is 0. The van der Waals surface area contributed by atoms with Crippen LogP contribution in [0.25, 0.3) is 22.1 Å². The van der Waals surface area contributed by atoms with Crippen molar-refractivity contribution in [3.8, 4) is 0 Å². The van der Waals surface area contributed by atoms with Gasteiger partial charge >= 0.3 is 0 Å². The topological polar surface area (TPSA) is 79.6 Å². The van der Waals surface area contributed by atoms with Crippen molar-refractivity contribution in [1.29, 1.82) is 0 Å². The van der Waals surface area contributed by atoms with Crippen LogP contribution in [0.1, 0.15) is 31.7 Å². The lowest BCUT2D eigenvalue weighted by molar-refractivity contribution is 0.108. The van der Waals surface area contributed by atoms with Crippen molar-refractivity contribution in [2.45, 2.75) is 37.8 Å². The van der Waals surface area contributed by atoms with E-state index in [0.29, 0.717) is 6.04 Å². The maximum Gasteiger partial charge on any atom is 0.161 e. The van der Waals surface area contributed by atoms with Crippen LogP contribution in [-0.2, 0) is 0 Å². The Labute approximate surface area is 109 Å². The molecule has 2 N–H and O–H groups in total. The van der Waals surface area contributed by atoms with Gasteiger partial charge < -0.3 is 5.11 Å². The van der Waals surface area contributed by atoms with Gasteiger partial charge in [-0.15, -0.1) is 0 Å². The first kappa shape index (κ1) is 10.9. The van der Waals surface area contributed by atoms with Crippen LogP contribution in [0.2, 0.25) is 0 Å². The van der Waals surface area contributed by atoms with Crippen LogP contribution in [0, 0.1) is 0 Å². The second-order valence-electron chi connectivity index (χ2n) is 5.22. The van der Waals surface area contributed by atoms with Gasteiger partial charge in [0, 0.05) is 11.6 Å². The van der Waals surface area contributed by atoms with Crippen LogP contribution in [0.4, 0.5) is 0 Å². The van der Waals surface area contributed by atoms with Gasteiger partial charge in [-0.2, -0.15) is 5.10 Å². The lowest BCUT2D eigenvalue weighted by Gasteiger charge is -2.26. The number of nitrogens with zero attached hydrogens (tertiary/aromatic N) is 4. The van der Waals surface area contributed by atoms with Gasteiger partial charge in [0.1, 0.15) is 5.52 Å². The minimum atomic E-state index is -0.145. The fourth-order valence-corrected chi connectivity index (χ4v) is 3.01. The molecule has 0 amide bonds. The zero-order valence-electron chi connectivity index (χ0n) is 10.5. The van der Waals surface area contributed by atoms with E-state index in [1.165, 1.54) is 0 Å². The number of H-pyrrole nitrogens is 1. The third-order valence-corrected chi connectivity index (χ3v) is 4.04. The summed E-state index contributed by atoms with van der Waals surface area (Å²) in [5, 5.41) is 18.1. The van der Waals surface area contributed by atoms with Gasteiger partial charge in [-0.05, 0) is 31.7 Å². The average molecular weight is 257 g/mol. The number of hydrogen-bond donors (Lipinski definition) is 2. The molecule has 0 unspecified atom stereocenters. The fourth-order valence-electron chi connectivity index (χ4n) is 3.01. The summed E-state index contributed by atoms with van der Waals surface area (Å²) >= 11 is 0. The molecule has 0 radical (unpaired) electrons. The van der Waals surface area contributed by atoms with E-state index in [1.807, 2.05) is 6.07 Å². The van der Waals surface area contributed by atoms with Crippen LogP contribution >= 0.6 is 0 Å². The Morgan fingerprint density at radius 3 is 2.89 bits per heavy atom. The standard InChI is InChI=1S/C13H15N5O/c19-9-3-1-8(2-4-9)18-12-10-5-6-14-13(10)15-7-11(12)16-17-18/h5-9,17,19H,1-4H2. The third-order valence-electron chi connectivity index (χ3n) is 4.04. The number of pyridine rings is 1. The Morgan fingerprint density at radius 1 is 1.21 bits per heavy atom. The lowest BCUT2D eigenvalue weighted by atomic mass is 9.93. The summed E-state index contributed by atoms with van der Waals surface area (Å²) in [4.78, 5) is 8.53. The first-order valence-electron chi connectivity index (χ1n) is 6.67.